The molecule has 2 amide bonds. The zero-order chi connectivity index (χ0) is 24.4. The van der Waals surface area contributed by atoms with Gasteiger partial charge < -0.3 is 10.1 Å². The van der Waals surface area contributed by atoms with Gasteiger partial charge in [0.05, 0.1) is 23.5 Å². The lowest BCUT2D eigenvalue weighted by Gasteiger charge is -2.27. The number of benzene rings is 3. The van der Waals surface area contributed by atoms with Crippen LogP contribution >= 0.6 is 11.8 Å². The van der Waals surface area contributed by atoms with Crippen LogP contribution in [-0.4, -0.2) is 29.6 Å². The van der Waals surface area contributed by atoms with Crippen molar-refractivity contribution in [1.29, 1.82) is 0 Å². The lowest BCUT2D eigenvalue weighted by atomic mass is 10.1. The molecule has 3 aromatic rings. The molecular weight excluding hydrogens is 454 g/mol. The van der Waals surface area contributed by atoms with Crippen molar-refractivity contribution in [3.63, 3.8) is 0 Å². The summed E-state index contributed by atoms with van der Waals surface area (Å²) in [6.07, 6.45) is 0. The maximum absolute atomic E-state index is 13.0. The highest BCUT2D eigenvalue weighted by Gasteiger charge is 2.37. The van der Waals surface area contributed by atoms with Crippen molar-refractivity contribution in [2.45, 2.75) is 19.2 Å². The first-order valence-electron chi connectivity index (χ1n) is 10.5. The number of nitro groups is 1. The highest BCUT2D eigenvalue weighted by molar-refractivity contribution is 8.00. The van der Waals surface area contributed by atoms with Crippen molar-refractivity contribution >= 4 is 40.6 Å². The number of aryl methyl sites for hydroxylation is 2. The molecule has 0 aliphatic carbocycles. The Balaban J connectivity index is 1.69. The molecular formula is C25H23N3O5S. The number of carbonyl (C=O) groups excluding carboxylic acids is 2. The molecule has 8 nitrogen and oxygen atoms in total. The van der Waals surface area contributed by atoms with E-state index in [1.807, 2.05) is 37.3 Å². The number of hydrogen-bond donors (Lipinski definition) is 1. The van der Waals surface area contributed by atoms with Crippen molar-refractivity contribution in [1.82, 2.24) is 0 Å². The number of para-hydroxylation sites is 1. The number of methoxy groups -OCH3 is 1. The van der Waals surface area contributed by atoms with Gasteiger partial charge in [-0.1, -0.05) is 30.3 Å². The van der Waals surface area contributed by atoms with Crippen LogP contribution in [0.1, 0.15) is 32.4 Å². The average Bonchev–Trinajstić information content (AvgIpc) is 3.20. The highest BCUT2D eigenvalue weighted by atomic mass is 32.2. The minimum atomic E-state index is -0.506. The summed E-state index contributed by atoms with van der Waals surface area (Å²) in [4.78, 5) is 38.4. The molecule has 0 bridgehead atoms. The lowest BCUT2D eigenvalue weighted by Crippen LogP contribution is -2.29. The van der Waals surface area contributed by atoms with E-state index in [1.54, 1.807) is 43.2 Å². The number of nitrogens with one attached hydrogen (secondary N) is 1. The molecule has 0 spiro atoms. The Bertz CT molecular complexity index is 1290. The van der Waals surface area contributed by atoms with E-state index in [9.17, 15) is 19.7 Å². The molecule has 0 aromatic heterocycles. The predicted octanol–water partition coefficient (Wildman–Crippen LogP) is 5.25. The summed E-state index contributed by atoms with van der Waals surface area (Å²) in [6.45, 7) is 3.57. The SMILES string of the molecule is COc1ccc(C)cc1N1C(=O)CS[C@H]1c1ccccc1NC(=O)c1ccc(C)c([N+](=O)[O-])c1. The quantitative estimate of drug-likeness (QED) is 0.384. The summed E-state index contributed by atoms with van der Waals surface area (Å²) >= 11 is 1.46. The number of carbonyl (C=O) groups is 2. The van der Waals surface area contributed by atoms with Crippen LogP contribution in [0, 0.1) is 24.0 Å². The number of ether oxygens (including phenoxy) is 1. The standard InChI is InChI=1S/C25H23N3O5S/c1-15-8-11-22(33-3)21(12-15)27-23(29)14-34-25(27)18-6-4-5-7-19(18)26-24(30)17-10-9-16(2)20(13-17)28(31)32/h4-13,25H,14H2,1-3H3,(H,26,30)/t25-/m0/s1. The Kier molecular flexibility index (Phi) is 6.56. The molecule has 1 atom stereocenters. The van der Waals surface area contributed by atoms with Gasteiger partial charge in [0.1, 0.15) is 11.1 Å². The molecule has 9 heteroatoms. The fourth-order valence-corrected chi connectivity index (χ4v) is 5.08. The fourth-order valence-electron chi connectivity index (χ4n) is 3.87. The van der Waals surface area contributed by atoms with Crippen LogP contribution in [0.25, 0.3) is 0 Å². The molecule has 0 saturated carbocycles. The van der Waals surface area contributed by atoms with Crippen molar-refractivity contribution in [3.8, 4) is 5.75 Å². The Morgan fingerprint density at radius 1 is 1.15 bits per heavy atom. The molecule has 1 N–H and O–H groups in total. The fraction of sp³-hybridized carbons (Fsp3) is 0.200. The smallest absolute Gasteiger partial charge is 0.273 e. The monoisotopic (exact) mass is 477 g/mol. The first-order chi connectivity index (χ1) is 16.3. The largest absolute Gasteiger partial charge is 0.495 e. The van der Waals surface area contributed by atoms with E-state index in [-0.39, 0.29) is 28.3 Å². The van der Waals surface area contributed by atoms with E-state index in [4.69, 9.17) is 4.74 Å². The first kappa shape index (κ1) is 23.3. The molecule has 1 saturated heterocycles. The molecule has 4 rings (SSSR count). The van der Waals surface area contributed by atoms with Gasteiger partial charge in [0.25, 0.3) is 11.6 Å². The van der Waals surface area contributed by atoms with Gasteiger partial charge in [-0.25, -0.2) is 0 Å². The number of hydrogen-bond acceptors (Lipinski definition) is 6. The number of rotatable bonds is 6. The van der Waals surface area contributed by atoms with Crippen LogP contribution in [0.4, 0.5) is 17.1 Å². The van der Waals surface area contributed by atoms with Gasteiger partial charge in [-0.05, 0) is 43.7 Å². The van der Waals surface area contributed by atoms with Crippen LogP contribution in [-0.2, 0) is 4.79 Å². The van der Waals surface area contributed by atoms with Gasteiger partial charge in [-0.3, -0.25) is 24.6 Å². The number of amides is 2. The number of nitro benzene ring substituents is 1. The van der Waals surface area contributed by atoms with E-state index < -0.39 is 10.8 Å². The maximum Gasteiger partial charge on any atom is 0.273 e. The van der Waals surface area contributed by atoms with Crippen LogP contribution in [0.15, 0.2) is 60.7 Å². The Hall–Kier alpha value is -3.85. The molecule has 0 unspecified atom stereocenters. The maximum atomic E-state index is 13.0. The van der Waals surface area contributed by atoms with Crippen LogP contribution in [0.3, 0.4) is 0 Å². The van der Waals surface area contributed by atoms with Gasteiger partial charge >= 0.3 is 0 Å². The third kappa shape index (κ3) is 4.47. The van der Waals surface area contributed by atoms with Gasteiger partial charge in [0, 0.05) is 28.4 Å². The Morgan fingerprint density at radius 2 is 1.91 bits per heavy atom. The lowest BCUT2D eigenvalue weighted by molar-refractivity contribution is -0.385. The third-order valence-corrected chi connectivity index (χ3v) is 6.80. The molecule has 0 radical (unpaired) electrons. The number of thioether (sulfide) groups is 1. The van der Waals surface area contributed by atoms with Crippen molar-refractivity contribution < 1.29 is 19.2 Å². The van der Waals surface area contributed by atoms with Crippen molar-refractivity contribution in [2.24, 2.45) is 0 Å². The topological polar surface area (TPSA) is 102 Å². The minimum Gasteiger partial charge on any atom is -0.495 e. The zero-order valence-electron chi connectivity index (χ0n) is 18.9. The molecule has 1 heterocycles. The van der Waals surface area contributed by atoms with Gasteiger partial charge in [-0.15, -0.1) is 11.8 Å². The van der Waals surface area contributed by atoms with Crippen molar-refractivity contribution in [2.75, 3.05) is 23.1 Å². The Labute approximate surface area is 201 Å². The van der Waals surface area contributed by atoms with Crippen LogP contribution in [0.5, 0.6) is 5.75 Å². The summed E-state index contributed by atoms with van der Waals surface area (Å²) in [7, 11) is 1.56. The second kappa shape index (κ2) is 9.56. The summed E-state index contributed by atoms with van der Waals surface area (Å²) in [5.41, 5.74) is 3.47. The van der Waals surface area contributed by atoms with E-state index in [1.165, 1.54) is 17.8 Å². The average molecular weight is 478 g/mol. The van der Waals surface area contributed by atoms with Gasteiger partial charge in [0.2, 0.25) is 5.91 Å². The normalized spacial score (nSPS) is 15.3. The van der Waals surface area contributed by atoms with E-state index >= 15 is 0 Å². The highest BCUT2D eigenvalue weighted by Crippen LogP contribution is 2.47. The zero-order valence-corrected chi connectivity index (χ0v) is 19.7. The van der Waals surface area contributed by atoms with E-state index in [0.717, 1.165) is 11.1 Å². The predicted molar refractivity (Wildman–Crippen MR) is 133 cm³/mol. The number of anilines is 2. The molecule has 1 fully saturated rings. The number of nitrogens with zero attached hydrogens (tertiary/aromatic N) is 2. The van der Waals surface area contributed by atoms with Crippen LogP contribution in [0.2, 0.25) is 0 Å². The molecule has 3 aromatic carbocycles. The first-order valence-corrected chi connectivity index (χ1v) is 11.6. The van der Waals surface area contributed by atoms with Gasteiger partial charge in [-0.2, -0.15) is 0 Å². The van der Waals surface area contributed by atoms with Crippen molar-refractivity contribution in [3.05, 3.63) is 93.0 Å². The molecule has 34 heavy (non-hydrogen) atoms. The Morgan fingerprint density at radius 3 is 2.65 bits per heavy atom. The summed E-state index contributed by atoms with van der Waals surface area (Å²) < 4.78 is 5.51. The molecule has 1 aliphatic heterocycles. The van der Waals surface area contributed by atoms with E-state index in [2.05, 4.69) is 5.32 Å². The van der Waals surface area contributed by atoms with Gasteiger partial charge in [0.15, 0.2) is 0 Å². The second-order valence-electron chi connectivity index (χ2n) is 7.90. The minimum absolute atomic E-state index is 0.0609. The van der Waals surface area contributed by atoms with Crippen LogP contribution < -0.4 is 15.0 Å². The summed E-state index contributed by atoms with van der Waals surface area (Å²) in [6, 6.07) is 17.3. The second-order valence-corrected chi connectivity index (χ2v) is 8.97. The molecule has 1 aliphatic rings. The molecule has 174 valence electrons. The van der Waals surface area contributed by atoms with E-state index in [0.29, 0.717) is 22.7 Å². The summed E-state index contributed by atoms with van der Waals surface area (Å²) in [5.74, 6) is 0.340. The summed E-state index contributed by atoms with van der Waals surface area (Å²) in [5, 5.41) is 13.8. The third-order valence-electron chi connectivity index (χ3n) is 5.60.